The maximum absolute atomic E-state index is 13.9. The molecule has 0 spiro atoms. The number of hydrogen-bond acceptors (Lipinski definition) is 5. The zero-order chi connectivity index (χ0) is 21.9. The van der Waals surface area contributed by atoms with Crippen LogP contribution in [0.4, 0.5) is 0 Å². The van der Waals surface area contributed by atoms with Crippen molar-refractivity contribution in [3.8, 4) is 5.69 Å². The number of fused-ring (bicyclic) bond motifs is 1. The molecule has 3 rings (SSSR count). The molecule has 1 heterocycles. The van der Waals surface area contributed by atoms with E-state index >= 15 is 0 Å². The summed E-state index contributed by atoms with van der Waals surface area (Å²) in [7, 11) is -3.70. The Hall–Kier alpha value is -1.54. The number of aromatic nitrogens is 2. The number of hydrogen-bond donors (Lipinski definition) is 0. The summed E-state index contributed by atoms with van der Waals surface area (Å²) >= 11 is 2.27. The Labute approximate surface area is 191 Å². The summed E-state index contributed by atoms with van der Waals surface area (Å²) in [4.78, 5) is 9.80. The zero-order valence-electron chi connectivity index (χ0n) is 17.9. The lowest BCUT2D eigenvalue weighted by atomic mass is 10.1. The Bertz CT molecular complexity index is 1160. The molecule has 2 aromatic carbocycles. The van der Waals surface area contributed by atoms with Gasteiger partial charge in [0.1, 0.15) is 5.49 Å². The Morgan fingerprint density at radius 3 is 2.23 bits per heavy atom. The van der Waals surface area contributed by atoms with Crippen LogP contribution in [-0.4, -0.2) is 28.3 Å². The molecular formula is C22H27IN3O3P. The van der Waals surface area contributed by atoms with Crippen LogP contribution in [0, 0.1) is 3.57 Å². The molecular weight excluding hydrogens is 512 g/mol. The van der Waals surface area contributed by atoms with Crippen molar-refractivity contribution >= 4 is 46.7 Å². The smallest absolute Gasteiger partial charge is 0.303 e. The van der Waals surface area contributed by atoms with Crippen molar-refractivity contribution in [2.24, 2.45) is 4.99 Å². The van der Waals surface area contributed by atoms with Crippen molar-refractivity contribution in [3.63, 3.8) is 0 Å². The predicted octanol–water partition coefficient (Wildman–Crippen LogP) is 5.22. The van der Waals surface area contributed by atoms with Crippen LogP contribution in [0.25, 0.3) is 16.6 Å². The van der Waals surface area contributed by atoms with Gasteiger partial charge in [-0.3, -0.25) is 14.1 Å². The fourth-order valence-corrected chi connectivity index (χ4v) is 5.38. The molecule has 30 heavy (non-hydrogen) atoms. The quantitative estimate of drug-likeness (QED) is 0.318. The normalized spacial score (nSPS) is 13.2. The van der Waals surface area contributed by atoms with Gasteiger partial charge in [-0.05, 0) is 81.5 Å². The van der Waals surface area contributed by atoms with E-state index in [1.54, 1.807) is 13.8 Å². The molecule has 0 N–H and O–H groups in total. The minimum Gasteiger partial charge on any atom is -0.303 e. The second-order valence-electron chi connectivity index (χ2n) is 7.66. The summed E-state index contributed by atoms with van der Waals surface area (Å²) in [5.74, 6) is 0. The van der Waals surface area contributed by atoms with Gasteiger partial charge >= 0.3 is 7.60 Å². The van der Waals surface area contributed by atoms with E-state index in [1.165, 1.54) is 0 Å². The van der Waals surface area contributed by atoms with Crippen LogP contribution < -0.4 is 11.1 Å². The lowest BCUT2D eigenvalue weighted by Crippen LogP contribution is -2.38. The van der Waals surface area contributed by atoms with Gasteiger partial charge in [0.2, 0.25) is 5.57 Å². The van der Waals surface area contributed by atoms with E-state index in [-0.39, 0.29) is 24.3 Å². The molecule has 0 aliphatic rings. The summed E-state index contributed by atoms with van der Waals surface area (Å²) in [5, 5.41) is 0.871. The van der Waals surface area contributed by atoms with Gasteiger partial charge in [-0.15, -0.1) is 0 Å². The molecule has 0 saturated heterocycles. The van der Waals surface area contributed by atoms with Gasteiger partial charge in [0.15, 0.2) is 0 Å². The first-order valence-electron chi connectivity index (χ1n) is 9.92. The molecule has 1 aromatic heterocycles. The zero-order valence-corrected chi connectivity index (χ0v) is 21.0. The highest BCUT2D eigenvalue weighted by Gasteiger charge is 2.34. The van der Waals surface area contributed by atoms with Crippen molar-refractivity contribution in [1.82, 2.24) is 9.55 Å². The van der Waals surface area contributed by atoms with Gasteiger partial charge in [-0.1, -0.05) is 24.3 Å². The Morgan fingerprint density at radius 1 is 1.03 bits per heavy atom. The van der Waals surface area contributed by atoms with Crippen LogP contribution in [0.2, 0.25) is 0 Å². The van der Waals surface area contributed by atoms with Crippen LogP contribution in [0.1, 0.15) is 34.6 Å². The molecule has 0 fully saturated rings. The molecule has 0 amide bonds. The monoisotopic (exact) mass is 539 g/mol. The highest BCUT2D eigenvalue weighted by atomic mass is 127. The number of rotatable bonds is 6. The van der Waals surface area contributed by atoms with Gasteiger partial charge in [-0.25, -0.2) is 4.98 Å². The molecule has 0 radical (unpaired) electrons. The summed E-state index contributed by atoms with van der Waals surface area (Å²) in [6, 6.07) is 15.6. The summed E-state index contributed by atoms with van der Waals surface area (Å²) in [6.07, 6.45) is 0. The molecule has 0 saturated carbocycles. The lowest BCUT2D eigenvalue weighted by molar-refractivity contribution is 0.228. The van der Waals surface area contributed by atoms with Gasteiger partial charge < -0.3 is 9.05 Å². The first kappa shape index (κ1) is 23.1. The molecule has 0 aliphatic carbocycles. The minimum absolute atomic E-state index is 0.233. The largest absolute Gasteiger partial charge is 0.397 e. The average Bonchev–Trinajstić information content (AvgIpc) is 2.68. The molecule has 8 heteroatoms. The fraction of sp³-hybridized carbons (Fsp3) is 0.364. The Kier molecular flexibility index (Phi) is 7.17. The Morgan fingerprint density at radius 2 is 1.63 bits per heavy atom. The van der Waals surface area contributed by atoms with Crippen molar-refractivity contribution in [1.29, 1.82) is 0 Å². The van der Waals surface area contributed by atoms with Crippen molar-refractivity contribution in [3.05, 3.63) is 57.6 Å². The van der Waals surface area contributed by atoms with Gasteiger partial charge in [-0.2, -0.15) is 0 Å². The molecule has 0 aliphatic heterocycles. The number of nitrogens with zero attached hydrogens (tertiary/aromatic N) is 3. The topological polar surface area (TPSA) is 65.7 Å². The van der Waals surface area contributed by atoms with E-state index in [4.69, 9.17) is 19.0 Å². The van der Waals surface area contributed by atoms with Crippen molar-refractivity contribution in [2.75, 3.05) is 13.2 Å². The highest BCUT2D eigenvalue weighted by Crippen LogP contribution is 2.46. The third-order valence-electron chi connectivity index (χ3n) is 4.15. The van der Waals surface area contributed by atoms with E-state index in [1.807, 2.05) is 73.9 Å². The molecule has 0 atom stereocenters. The third kappa shape index (κ3) is 4.85. The summed E-state index contributed by atoms with van der Waals surface area (Å²) < 4.78 is 28.1. The maximum Gasteiger partial charge on any atom is 0.397 e. The summed E-state index contributed by atoms with van der Waals surface area (Å²) in [5.41, 5.74) is 2.06. The molecule has 3 aromatic rings. The minimum atomic E-state index is -3.70. The standard InChI is InChI=1S/C22H27IN3O3P/c1-6-28-30(27,29-7-2)21-24-18-14-10-8-12-16(18)20(25-22(3,4)5)26(21)19-15-11-9-13-17(19)23/h8-15H,6-7H2,1-5H3. The first-order valence-corrected chi connectivity index (χ1v) is 12.5. The summed E-state index contributed by atoms with van der Waals surface area (Å²) in [6.45, 7) is 10.2. The fourth-order valence-electron chi connectivity index (χ4n) is 3.09. The Balaban J connectivity index is 2.59. The molecule has 0 bridgehead atoms. The number of benzene rings is 2. The second kappa shape index (κ2) is 9.30. The van der Waals surface area contributed by atoms with E-state index in [0.29, 0.717) is 11.0 Å². The van der Waals surface area contributed by atoms with Crippen LogP contribution >= 0.6 is 30.2 Å². The van der Waals surface area contributed by atoms with Crippen LogP contribution in [-0.2, 0) is 13.6 Å². The number of para-hydroxylation sites is 2. The van der Waals surface area contributed by atoms with Crippen LogP contribution in [0.5, 0.6) is 0 Å². The predicted molar refractivity (Wildman–Crippen MR) is 130 cm³/mol. The third-order valence-corrected chi connectivity index (χ3v) is 7.05. The lowest BCUT2D eigenvalue weighted by Gasteiger charge is -2.23. The SMILES string of the molecule is CCOP(=O)(OCC)c1nc2ccccc2c(=NC(C)(C)C)n1-c1ccccc1I. The molecule has 0 unspecified atom stereocenters. The second-order valence-corrected chi connectivity index (χ2v) is 10.7. The van der Waals surface area contributed by atoms with E-state index in [0.717, 1.165) is 14.6 Å². The van der Waals surface area contributed by atoms with Crippen molar-refractivity contribution < 1.29 is 13.6 Å². The average molecular weight is 539 g/mol. The van der Waals surface area contributed by atoms with Crippen LogP contribution in [0.15, 0.2) is 53.5 Å². The van der Waals surface area contributed by atoms with E-state index in [2.05, 4.69) is 22.6 Å². The van der Waals surface area contributed by atoms with Gasteiger partial charge in [0.05, 0.1) is 30.0 Å². The highest BCUT2D eigenvalue weighted by molar-refractivity contribution is 14.1. The van der Waals surface area contributed by atoms with E-state index in [9.17, 15) is 4.57 Å². The first-order chi connectivity index (χ1) is 14.2. The van der Waals surface area contributed by atoms with Crippen molar-refractivity contribution in [2.45, 2.75) is 40.2 Å². The van der Waals surface area contributed by atoms with Crippen LogP contribution in [0.3, 0.4) is 0 Å². The molecule has 160 valence electrons. The number of halogens is 1. The molecule has 6 nitrogen and oxygen atoms in total. The van der Waals surface area contributed by atoms with E-state index < -0.39 is 7.60 Å². The van der Waals surface area contributed by atoms with Gasteiger partial charge in [0, 0.05) is 8.96 Å². The van der Waals surface area contributed by atoms with Gasteiger partial charge in [0.25, 0.3) is 0 Å². The maximum atomic E-state index is 13.9.